The van der Waals surface area contributed by atoms with E-state index in [4.69, 9.17) is 14.2 Å². The van der Waals surface area contributed by atoms with Crippen molar-refractivity contribution in [3.8, 4) is 17.2 Å². The van der Waals surface area contributed by atoms with Crippen molar-refractivity contribution in [1.82, 2.24) is 0 Å². The first kappa shape index (κ1) is 13.5. The second-order valence-electron chi connectivity index (χ2n) is 4.86. The fraction of sp³-hybridized carbons (Fsp3) is 0.235. The summed E-state index contributed by atoms with van der Waals surface area (Å²) in [5.41, 5.74) is 2.03. The van der Waals surface area contributed by atoms with Crippen LogP contribution in [-0.2, 0) is 0 Å². The minimum atomic E-state index is -0.127. The van der Waals surface area contributed by atoms with Gasteiger partial charge in [-0.15, -0.1) is 0 Å². The topological polar surface area (TPSA) is 44.8 Å². The third-order valence-corrected chi connectivity index (χ3v) is 3.41. The van der Waals surface area contributed by atoms with E-state index in [1.165, 1.54) is 0 Å². The molecule has 1 aliphatic rings. The molecule has 0 saturated heterocycles. The van der Waals surface area contributed by atoms with Gasteiger partial charge in [-0.1, -0.05) is 17.7 Å². The lowest BCUT2D eigenvalue weighted by Gasteiger charge is -2.20. The van der Waals surface area contributed by atoms with Gasteiger partial charge in [-0.25, -0.2) is 0 Å². The molecule has 0 N–H and O–H groups in total. The summed E-state index contributed by atoms with van der Waals surface area (Å²) < 4.78 is 16.4. The van der Waals surface area contributed by atoms with E-state index in [1.54, 1.807) is 31.4 Å². The van der Waals surface area contributed by atoms with E-state index in [-0.39, 0.29) is 5.78 Å². The smallest absolute Gasteiger partial charge is 0.200 e. The molecular weight excluding hydrogens is 268 g/mol. The first-order valence-electron chi connectivity index (χ1n) is 6.78. The Hall–Kier alpha value is -2.49. The van der Waals surface area contributed by atoms with E-state index in [0.717, 1.165) is 5.56 Å². The van der Waals surface area contributed by atoms with Crippen molar-refractivity contribution in [3.05, 3.63) is 53.1 Å². The lowest BCUT2D eigenvalue weighted by molar-refractivity contribution is 0.102. The van der Waals surface area contributed by atoms with Crippen molar-refractivity contribution in [2.75, 3.05) is 20.3 Å². The van der Waals surface area contributed by atoms with E-state index in [2.05, 4.69) is 0 Å². The molecule has 0 fully saturated rings. The minimum absolute atomic E-state index is 0.127. The molecule has 2 aromatic rings. The number of rotatable bonds is 3. The molecule has 2 aromatic carbocycles. The number of fused-ring (bicyclic) bond motifs is 1. The summed E-state index contributed by atoms with van der Waals surface area (Å²) in [6.45, 7) is 2.89. The maximum absolute atomic E-state index is 12.8. The average Bonchev–Trinajstić information content (AvgIpc) is 2.53. The van der Waals surface area contributed by atoms with Gasteiger partial charge in [0.1, 0.15) is 19.0 Å². The van der Waals surface area contributed by atoms with Crippen LogP contribution >= 0.6 is 0 Å². The molecular formula is C17H16O4. The largest absolute Gasteiger partial charge is 0.496 e. The van der Waals surface area contributed by atoms with Gasteiger partial charge in [0.25, 0.3) is 0 Å². The highest BCUT2D eigenvalue weighted by Crippen LogP contribution is 2.36. The van der Waals surface area contributed by atoms with Crippen molar-refractivity contribution >= 4 is 5.78 Å². The second-order valence-corrected chi connectivity index (χ2v) is 4.86. The maximum atomic E-state index is 12.8. The number of hydrogen-bond acceptors (Lipinski definition) is 4. The normalized spacial score (nSPS) is 12.9. The first-order chi connectivity index (χ1) is 10.2. The van der Waals surface area contributed by atoms with Gasteiger partial charge in [0.2, 0.25) is 5.78 Å². The van der Waals surface area contributed by atoms with Crippen LogP contribution in [0.1, 0.15) is 21.5 Å². The molecule has 4 nitrogen and oxygen atoms in total. The molecule has 0 unspecified atom stereocenters. The number of ether oxygens (including phenoxy) is 3. The van der Waals surface area contributed by atoms with Crippen LogP contribution in [0.25, 0.3) is 0 Å². The monoisotopic (exact) mass is 284 g/mol. The molecule has 1 aliphatic heterocycles. The van der Waals surface area contributed by atoms with Crippen molar-refractivity contribution in [1.29, 1.82) is 0 Å². The average molecular weight is 284 g/mol. The van der Waals surface area contributed by atoms with E-state index in [9.17, 15) is 4.79 Å². The Balaban J connectivity index is 2.09. The van der Waals surface area contributed by atoms with Crippen molar-refractivity contribution in [3.63, 3.8) is 0 Å². The Morgan fingerprint density at radius 2 is 1.90 bits per heavy atom. The summed E-state index contributed by atoms with van der Waals surface area (Å²) >= 11 is 0. The summed E-state index contributed by atoms with van der Waals surface area (Å²) in [4.78, 5) is 12.8. The molecule has 0 amide bonds. The van der Waals surface area contributed by atoms with Gasteiger partial charge in [-0.05, 0) is 31.2 Å². The number of methoxy groups -OCH3 is 1. The quantitative estimate of drug-likeness (QED) is 0.813. The van der Waals surface area contributed by atoms with Crippen LogP contribution in [-0.4, -0.2) is 26.1 Å². The number of aryl methyl sites for hydroxylation is 1. The van der Waals surface area contributed by atoms with Crippen LogP contribution in [0, 0.1) is 6.92 Å². The van der Waals surface area contributed by atoms with E-state index < -0.39 is 0 Å². The standard InChI is InChI=1S/C17H16O4/c1-11-6-7-14(19-2)13(10-11)16(18)12-4-3-5-15-17(12)21-9-8-20-15/h3-7,10H,8-9H2,1-2H3. The number of hydrogen-bond donors (Lipinski definition) is 0. The van der Waals surface area contributed by atoms with Crippen molar-refractivity contribution < 1.29 is 19.0 Å². The third-order valence-electron chi connectivity index (χ3n) is 3.41. The Bertz CT molecular complexity index is 691. The molecule has 0 aromatic heterocycles. The van der Waals surface area contributed by atoms with E-state index in [0.29, 0.717) is 41.6 Å². The summed E-state index contributed by atoms with van der Waals surface area (Å²) in [5, 5.41) is 0. The second kappa shape index (κ2) is 5.48. The minimum Gasteiger partial charge on any atom is -0.496 e. The van der Waals surface area contributed by atoms with Gasteiger partial charge in [0.05, 0.1) is 18.2 Å². The van der Waals surface area contributed by atoms with Crippen LogP contribution in [0.5, 0.6) is 17.2 Å². The molecule has 0 saturated carbocycles. The Labute approximate surface area is 123 Å². The Morgan fingerprint density at radius 1 is 1.10 bits per heavy atom. The summed E-state index contributed by atoms with van der Waals surface area (Å²) in [7, 11) is 1.56. The maximum Gasteiger partial charge on any atom is 0.200 e. The molecule has 0 spiro atoms. The first-order valence-corrected chi connectivity index (χ1v) is 6.78. The third kappa shape index (κ3) is 2.44. The molecule has 0 atom stereocenters. The number of ketones is 1. The highest BCUT2D eigenvalue weighted by atomic mass is 16.6. The molecule has 0 aliphatic carbocycles. The Kier molecular flexibility index (Phi) is 3.52. The van der Waals surface area contributed by atoms with Gasteiger partial charge >= 0.3 is 0 Å². The van der Waals surface area contributed by atoms with Crippen LogP contribution < -0.4 is 14.2 Å². The van der Waals surface area contributed by atoms with Gasteiger partial charge in [0, 0.05) is 0 Å². The van der Waals surface area contributed by atoms with Crippen LogP contribution in [0.4, 0.5) is 0 Å². The fourth-order valence-corrected chi connectivity index (χ4v) is 2.40. The fourth-order valence-electron chi connectivity index (χ4n) is 2.40. The van der Waals surface area contributed by atoms with Gasteiger partial charge in [-0.2, -0.15) is 0 Å². The van der Waals surface area contributed by atoms with Gasteiger partial charge < -0.3 is 14.2 Å². The number of carbonyl (C=O) groups is 1. The highest BCUT2D eigenvalue weighted by Gasteiger charge is 2.23. The molecule has 0 radical (unpaired) electrons. The highest BCUT2D eigenvalue weighted by molar-refractivity contribution is 6.12. The van der Waals surface area contributed by atoms with E-state index >= 15 is 0 Å². The zero-order valence-corrected chi connectivity index (χ0v) is 12.0. The zero-order valence-electron chi connectivity index (χ0n) is 12.0. The molecule has 108 valence electrons. The molecule has 21 heavy (non-hydrogen) atoms. The lowest BCUT2D eigenvalue weighted by atomic mass is 9.99. The molecule has 3 rings (SSSR count). The molecule has 4 heteroatoms. The number of carbonyl (C=O) groups excluding carboxylic acids is 1. The number of para-hydroxylation sites is 1. The van der Waals surface area contributed by atoms with Crippen LogP contribution in [0.15, 0.2) is 36.4 Å². The molecule has 1 heterocycles. The number of benzene rings is 2. The van der Waals surface area contributed by atoms with Gasteiger partial charge in [0.15, 0.2) is 11.5 Å². The van der Waals surface area contributed by atoms with Gasteiger partial charge in [-0.3, -0.25) is 4.79 Å². The predicted molar refractivity (Wildman–Crippen MR) is 78.6 cm³/mol. The van der Waals surface area contributed by atoms with Crippen molar-refractivity contribution in [2.24, 2.45) is 0 Å². The zero-order chi connectivity index (χ0) is 14.8. The van der Waals surface area contributed by atoms with Crippen LogP contribution in [0.2, 0.25) is 0 Å². The molecule has 0 bridgehead atoms. The summed E-state index contributed by atoms with van der Waals surface area (Å²) in [6, 6.07) is 10.9. The predicted octanol–water partition coefficient (Wildman–Crippen LogP) is 3.01. The summed E-state index contributed by atoms with van der Waals surface area (Å²) in [5.74, 6) is 1.55. The van der Waals surface area contributed by atoms with Crippen molar-refractivity contribution in [2.45, 2.75) is 6.92 Å². The van der Waals surface area contributed by atoms with E-state index in [1.807, 2.05) is 19.1 Å². The SMILES string of the molecule is COc1ccc(C)cc1C(=O)c1cccc2c1OCCO2. The summed E-state index contributed by atoms with van der Waals surface area (Å²) in [6.07, 6.45) is 0. The lowest BCUT2D eigenvalue weighted by Crippen LogP contribution is -2.18. The van der Waals surface area contributed by atoms with Crippen LogP contribution in [0.3, 0.4) is 0 Å². The Morgan fingerprint density at radius 3 is 2.71 bits per heavy atom.